The predicted octanol–water partition coefficient (Wildman–Crippen LogP) is 3.92. The van der Waals surface area contributed by atoms with Crippen molar-refractivity contribution in [2.24, 2.45) is 0 Å². The molecule has 0 bridgehead atoms. The molecule has 0 fully saturated rings. The van der Waals surface area contributed by atoms with E-state index in [0.717, 1.165) is 0 Å². The number of ether oxygens (including phenoxy) is 1. The second-order valence-electron chi connectivity index (χ2n) is 7.50. The highest BCUT2D eigenvalue weighted by Crippen LogP contribution is 2.44. The highest BCUT2D eigenvalue weighted by Gasteiger charge is 2.27. The van der Waals surface area contributed by atoms with Gasteiger partial charge in [-0.2, -0.15) is 0 Å². The normalized spacial score (nSPS) is 13.2. The summed E-state index contributed by atoms with van der Waals surface area (Å²) in [6.07, 6.45) is -0.973. The third kappa shape index (κ3) is 4.59. The predicted molar refractivity (Wildman–Crippen MR) is 118 cm³/mol. The number of benzene rings is 3. The van der Waals surface area contributed by atoms with E-state index in [9.17, 15) is 5.11 Å². The van der Waals surface area contributed by atoms with E-state index >= 15 is 0 Å². The molecule has 3 aromatic rings. The fraction of sp³-hybridized carbons (Fsp3) is 0.208. The van der Waals surface area contributed by atoms with Crippen LogP contribution in [-0.2, 0) is 4.74 Å². The van der Waals surface area contributed by atoms with Crippen molar-refractivity contribution >= 4 is 28.6 Å². The summed E-state index contributed by atoms with van der Waals surface area (Å²) in [5.41, 5.74) is -0.435. The van der Waals surface area contributed by atoms with Crippen molar-refractivity contribution in [2.45, 2.75) is 32.7 Å². The van der Waals surface area contributed by atoms with Crippen LogP contribution in [0.2, 0.25) is 0 Å². The van der Waals surface area contributed by atoms with Crippen molar-refractivity contribution < 1.29 is 9.84 Å². The number of rotatable bonds is 5. The van der Waals surface area contributed by atoms with E-state index in [1.165, 1.54) is 15.9 Å². The summed E-state index contributed by atoms with van der Waals surface area (Å²) < 4.78 is 5.89. The Morgan fingerprint density at radius 3 is 1.33 bits per heavy atom. The summed E-state index contributed by atoms with van der Waals surface area (Å²) in [5.74, 6) is 2.01. The van der Waals surface area contributed by atoms with Crippen LogP contribution >= 0.6 is 6.89 Å². The lowest BCUT2D eigenvalue weighted by molar-refractivity contribution is -0.122. The molecule has 0 heterocycles. The van der Waals surface area contributed by atoms with Crippen LogP contribution in [0.15, 0.2) is 91.0 Å². The molecule has 140 valence electrons. The van der Waals surface area contributed by atoms with Crippen molar-refractivity contribution in [3.63, 3.8) is 0 Å². The molecule has 0 saturated heterocycles. The third-order valence-electron chi connectivity index (χ3n) is 4.32. The quantitative estimate of drug-likeness (QED) is 0.539. The van der Waals surface area contributed by atoms with Gasteiger partial charge in [-0.15, -0.1) is 0 Å². The number of hydrogen-bond donors (Lipinski definition) is 1. The smallest absolute Gasteiger partial charge is 0.176 e. The molecular formula is C24H27O2P. The first-order valence-electron chi connectivity index (χ1n) is 9.19. The number of aliphatic hydroxyl groups is 1. The molecule has 27 heavy (non-hydrogen) atoms. The maximum atomic E-state index is 10.9. The Morgan fingerprint density at radius 1 is 0.704 bits per heavy atom. The van der Waals surface area contributed by atoms with Gasteiger partial charge in [0.15, 0.2) is 6.29 Å². The van der Waals surface area contributed by atoms with E-state index < -0.39 is 18.8 Å². The Morgan fingerprint density at radius 2 is 1.04 bits per heavy atom. The lowest BCUT2D eigenvalue weighted by Crippen LogP contribution is -2.33. The maximum absolute atomic E-state index is 10.9. The average molecular weight is 378 g/mol. The largest absolute Gasteiger partial charge is 0.365 e. The molecule has 3 aromatic carbocycles. The molecule has 1 unspecified atom stereocenters. The van der Waals surface area contributed by atoms with Crippen LogP contribution in [0.3, 0.4) is 0 Å². The zero-order valence-corrected chi connectivity index (χ0v) is 17.0. The van der Waals surface area contributed by atoms with Gasteiger partial charge in [0.2, 0.25) is 0 Å². The van der Waals surface area contributed by atoms with Crippen LogP contribution in [0.5, 0.6) is 0 Å². The van der Waals surface area contributed by atoms with Gasteiger partial charge in [0.1, 0.15) is 0 Å². The molecule has 3 heteroatoms. The summed E-state index contributed by atoms with van der Waals surface area (Å²) >= 11 is 0. The summed E-state index contributed by atoms with van der Waals surface area (Å²) in [6, 6.07) is 31.3. The first kappa shape index (κ1) is 19.6. The van der Waals surface area contributed by atoms with Crippen molar-refractivity contribution in [3.8, 4) is 0 Å². The van der Waals surface area contributed by atoms with Crippen molar-refractivity contribution in [1.29, 1.82) is 0 Å². The molecule has 0 radical (unpaired) electrons. The molecule has 1 N–H and O–H groups in total. The molecule has 0 aromatic heterocycles. The molecule has 2 nitrogen and oxygen atoms in total. The van der Waals surface area contributed by atoms with Crippen LogP contribution in [0.25, 0.3) is 0 Å². The Kier molecular flexibility index (Phi) is 6.01. The Labute approximate surface area is 162 Å². The summed E-state index contributed by atoms with van der Waals surface area (Å²) in [6.45, 7) is 3.67. The Bertz CT molecular complexity index is 794. The summed E-state index contributed by atoms with van der Waals surface area (Å²) in [4.78, 5) is 0. The Hall–Kier alpha value is -2.12. The van der Waals surface area contributed by atoms with Gasteiger partial charge in [-0.3, -0.25) is 0 Å². The second-order valence-corrected chi connectivity index (χ2v) is 10.8. The fourth-order valence-electron chi connectivity index (χ4n) is 3.28. The number of aliphatic hydroxyl groups excluding tert-OH is 1. The minimum Gasteiger partial charge on any atom is -0.365 e. The van der Waals surface area contributed by atoms with Gasteiger partial charge in [-0.05, 0) is 49.4 Å². The molecule has 0 aliphatic carbocycles. The molecule has 1 atom stereocenters. The van der Waals surface area contributed by atoms with Gasteiger partial charge >= 0.3 is 0 Å². The molecule has 3 rings (SSSR count). The highest BCUT2D eigenvalue weighted by molar-refractivity contribution is 7.94. The summed E-state index contributed by atoms with van der Waals surface area (Å²) in [7, 11) is 0. The molecule has 0 amide bonds. The van der Waals surface area contributed by atoms with Crippen molar-refractivity contribution in [3.05, 3.63) is 91.0 Å². The molecule has 0 aliphatic rings. The lowest BCUT2D eigenvalue weighted by Gasteiger charge is -2.31. The van der Waals surface area contributed by atoms with Crippen LogP contribution < -0.4 is 15.9 Å². The van der Waals surface area contributed by atoms with E-state index in [0.29, 0.717) is 0 Å². The monoisotopic (exact) mass is 378 g/mol. The van der Waals surface area contributed by atoms with Gasteiger partial charge in [0.25, 0.3) is 0 Å². The van der Waals surface area contributed by atoms with Gasteiger partial charge in [-0.1, -0.05) is 91.0 Å². The Balaban J connectivity index is 2.33. The first-order valence-corrected chi connectivity index (χ1v) is 11.1. The van der Waals surface area contributed by atoms with Crippen molar-refractivity contribution in [2.75, 3.05) is 0 Å². The minimum atomic E-state index is -2.20. The van der Waals surface area contributed by atoms with E-state index in [-0.39, 0.29) is 0 Å². The minimum absolute atomic E-state index is 0.435. The highest BCUT2D eigenvalue weighted by atomic mass is 31.2. The average Bonchev–Trinajstić information content (AvgIpc) is 2.67. The second kappa shape index (κ2) is 8.27. The summed E-state index contributed by atoms with van der Waals surface area (Å²) in [5, 5.41) is 14.4. The third-order valence-corrected chi connectivity index (χ3v) is 8.36. The molecule has 0 spiro atoms. The van der Waals surface area contributed by atoms with Gasteiger partial charge in [0.05, 0.1) is 5.60 Å². The molecule has 0 saturated carbocycles. The SMILES string of the molecule is CC(C)(C)OC(O)C=P(c1ccccc1)(c1ccccc1)c1ccccc1. The fourth-order valence-corrected chi connectivity index (χ4v) is 7.06. The molecule has 0 aliphatic heterocycles. The van der Waals surface area contributed by atoms with Gasteiger partial charge < -0.3 is 9.84 Å². The van der Waals surface area contributed by atoms with E-state index in [1.807, 2.05) is 44.8 Å². The lowest BCUT2D eigenvalue weighted by atomic mass is 10.2. The van der Waals surface area contributed by atoms with E-state index in [1.54, 1.807) is 0 Å². The van der Waals surface area contributed by atoms with E-state index in [4.69, 9.17) is 4.74 Å². The van der Waals surface area contributed by atoms with E-state index in [2.05, 4.69) is 72.8 Å². The van der Waals surface area contributed by atoms with Crippen LogP contribution in [-0.4, -0.2) is 22.8 Å². The van der Waals surface area contributed by atoms with Gasteiger partial charge in [0, 0.05) is 0 Å². The van der Waals surface area contributed by atoms with Gasteiger partial charge in [-0.25, -0.2) is 0 Å². The van der Waals surface area contributed by atoms with Crippen molar-refractivity contribution in [1.82, 2.24) is 0 Å². The zero-order chi connectivity index (χ0) is 19.3. The zero-order valence-electron chi connectivity index (χ0n) is 16.1. The number of hydrogen-bond acceptors (Lipinski definition) is 2. The van der Waals surface area contributed by atoms with Crippen LogP contribution in [0, 0.1) is 0 Å². The first-order chi connectivity index (χ1) is 12.9. The standard InChI is InChI=1S/C24H27O2P/c1-24(2,3)26-23(25)19-27(20-13-7-4-8-14-20,21-15-9-5-10-16-21)22-17-11-6-12-18-22/h4-19,23,25H,1-3H3. The maximum Gasteiger partial charge on any atom is 0.176 e. The van der Waals surface area contributed by atoms with Crippen LogP contribution in [0.1, 0.15) is 20.8 Å². The molecular weight excluding hydrogens is 351 g/mol. The van der Waals surface area contributed by atoms with Crippen LogP contribution in [0.4, 0.5) is 0 Å². The topological polar surface area (TPSA) is 29.5 Å².